The summed E-state index contributed by atoms with van der Waals surface area (Å²) in [6.45, 7) is 1.68. The number of anilines is 2. The molecule has 7 nitrogen and oxygen atoms in total. The van der Waals surface area contributed by atoms with Gasteiger partial charge in [-0.25, -0.2) is 0 Å². The van der Waals surface area contributed by atoms with Crippen molar-refractivity contribution in [2.24, 2.45) is 5.92 Å². The molecule has 0 aliphatic carbocycles. The monoisotopic (exact) mass is 429 g/mol. The Labute approximate surface area is 185 Å². The third kappa shape index (κ3) is 4.37. The van der Waals surface area contributed by atoms with E-state index >= 15 is 0 Å². The van der Waals surface area contributed by atoms with Gasteiger partial charge in [0.1, 0.15) is 5.69 Å². The van der Waals surface area contributed by atoms with Crippen molar-refractivity contribution in [3.63, 3.8) is 0 Å². The van der Waals surface area contributed by atoms with Crippen molar-refractivity contribution in [2.45, 2.75) is 25.8 Å². The first-order valence-corrected chi connectivity index (χ1v) is 10.4. The molecule has 3 aromatic rings. The van der Waals surface area contributed by atoms with Gasteiger partial charge in [0.2, 0.25) is 11.8 Å². The number of hydrogen-bond acceptors (Lipinski definition) is 5. The summed E-state index contributed by atoms with van der Waals surface area (Å²) >= 11 is 0. The molecule has 2 atom stereocenters. The van der Waals surface area contributed by atoms with Crippen LogP contribution < -0.4 is 10.2 Å². The maximum Gasteiger partial charge on any atom is 0.294 e. The first-order valence-electron chi connectivity index (χ1n) is 10.4. The molecule has 2 amide bonds. The molecule has 32 heavy (non-hydrogen) atoms. The zero-order valence-corrected chi connectivity index (χ0v) is 17.6. The first kappa shape index (κ1) is 21.2. The maximum absolute atomic E-state index is 12.4. The van der Waals surface area contributed by atoms with Gasteiger partial charge in [0.15, 0.2) is 0 Å². The second-order valence-electron chi connectivity index (χ2n) is 7.93. The van der Waals surface area contributed by atoms with Crippen LogP contribution in [0.5, 0.6) is 0 Å². The fourth-order valence-corrected chi connectivity index (χ4v) is 3.96. The maximum atomic E-state index is 12.4. The van der Waals surface area contributed by atoms with Gasteiger partial charge < -0.3 is 5.32 Å². The summed E-state index contributed by atoms with van der Waals surface area (Å²) in [6, 6.07) is 23.8. The highest BCUT2D eigenvalue weighted by molar-refractivity contribution is 6.21. The molecule has 1 heterocycles. The van der Waals surface area contributed by atoms with Crippen molar-refractivity contribution >= 4 is 28.9 Å². The van der Waals surface area contributed by atoms with Crippen LogP contribution in [0.25, 0.3) is 0 Å². The van der Waals surface area contributed by atoms with Crippen LogP contribution in [0.1, 0.15) is 30.5 Å². The van der Waals surface area contributed by atoms with Crippen molar-refractivity contribution in [1.82, 2.24) is 0 Å². The lowest BCUT2D eigenvalue weighted by Crippen LogP contribution is -2.30. The number of nitro groups is 1. The highest BCUT2D eigenvalue weighted by Crippen LogP contribution is 2.35. The molecule has 0 saturated carbocycles. The van der Waals surface area contributed by atoms with Crippen LogP contribution in [0, 0.1) is 16.0 Å². The van der Waals surface area contributed by atoms with E-state index in [2.05, 4.69) is 5.32 Å². The summed E-state index contributed by atoms with van der Waals surface area (Å²) in [5.74, 6) is -1.10. The number of carbonyl (C=O) groups excluding carboxylic acids is 2. The van der Waals surface area contributed by atoms with Gasteiger partial charge in [-0.05, 0) is 29.7 Å². The first-order chi connectivity index (χ1) is 15.4. The lowest BCUT2D eigenvalue weighted by Gasteiger charge is -2.22. The van der Waals surface area contributed by atoms with Crippen LogP contribution >= 0.6 is 0 Å². The van der Waals surface area contributed by atoms with E-state index in [1.165, 1.54) is 6.07 Å². The van der Waals surface area contributed by atoms with Crippen LogP contribution in [-0.2, 0) is 16.0 Å². The van der Waals surface area contributed by atoms with Crippen molar-refractivity contribution in [3.05, 3.63) is 100 Å². The van der Waals surface area contributed by atoms with Gasteiger partial charge in [-0.1, -0.05) is 67.6 Å². The average molecular weight is 429 g/mol. The molecule has 1 aliphatic heterocycles. The second-order valence-corrected chi connectivity index (χ2v) is 7.93. The number of carbonyl (C=O) groups is 2. The van der Waals surface area contributed by atoms with Crippen molar-refractivity contribution in [1.29, 1.82) is 0 Å². The average Bonchev–Trinajstić information content (AvgIpc) is 3.06. The lowest BCUT2D eigenvalue weighted by atomic mass is 9.98. The molecule has 0 spiro atoms. The van der Waals surface area contributed by atoms with Crippen LogP contribution in [0.2, 0.25) is 0 Å². The summed E-state index contributed by atoms with van der Waals surface area (Å²) in [4.78, 5) is 37.0. The summed E-state index contributed by atoms with van der Waals surface area (Å²) in [6.07, 6.45) is 0.740. The highest BCUT2D eigenvalue weighted by atomic mass is 16.6. The van der Waals surface area contributed by atoms with E-state index in [1.54, 1.807) is 19.1 Å². The van der Waals surface area contributed by atoms with Gasteiger partial charge >= 0.3 is 0 Å². The smallest absolute Gasteiger partial charge is 0.294 e. The lowest BCUT2D eigenvalue weighted by molar-refractivity contribution is -0.383. The van der Waals surface area contributed by atoms with Gasteiger partial charge in [-0.2, -0.15) is 0 Å². The Hall–Kier alpha value is -4.00. The van der Waals surface area contributed by atoms with E-state index in [9.17, 15) is 19.7 Å². The van der Waals surface area contributed by atoms with E-state index < -0.39 is 10.8 Å². The Morgan fingerprint density at radius 1 is 1.03 bits per heavy atom. The fourth-order valence-electron chi connectivity index (χ4n) is 3.96. The Balaban J connectivity index is 1.68. The van der Waals surface area contributed by atoms with Crippen molar-refractivity contribution in [3.8, 4) is 0 Å². The highest BCUT2D eigenvalue weighted by Gasteiger charge is 2.37. The number of rotatable bonds is 7. The minimum atomic E-state index is -0.495. The zero-order chi connectivity index (χ0) is 22.7. The number of benzene rings is 3. The molecule has 0 aromatic heterocycles. The SMILES string of the molecule is C[C@H]1CC(=O)N(c2ccc(N[C@@H](Cc3ccccc3)c3ccccc3)c([N+](=O)[O-])c2)C1=O. The zero-order valence-electron chi connectivity index (χ0n) is 17.6. The molecule has 3 aromatic carbocycles. The quantitative estimate of drug-likeness (QED) is 0.328. The third-order valence-corrected chi connectivity index (χ3v) is 5.62. The minimum Gasteiger partial charge on any atom is -0.372 e. The molecule has 162 valence electrons. The number of nitrogens with zero attached hydrogens (tertiary/aromatic N) is 2. The predicted molar refractivity (Wildman–Crippen MR) is 122 cm³/mol. The molecular formula is C25H23N3O4. The van der Waals surface area contributed by atoms with Gasteiger partial charge in [0.25, 0.3) is 5.69 Å². The van der Waals surface area contributed by atoms with Crippen molar-refractivity contribution in [2.75, 3.05) is 10.2 Å². The van der Waals surface area contributed by atoms with Gasteiger partial charge in [-0.3, -0.25) is 24.6 Å². The largest absolute Gasteiger partial charge is 0.372 e. The Morgan fingerprint density at radius 3 is 2.28 bits per heavy atom. The molecule has 1 saturated heterocycles. The molecule has 1 fully saturated rings. The molecular weight excluding hydrogens is 406 g/mol. The van der Waals surface area contributed by atoms with E-state index in [-0.39, 0.29) is 35.7 Å². The Kier molecular flexibility index (Phi) is 5.98. The molecule has 0 bridgehead atoms. The van der Waals surface area contributed by atoms with Crippen LogP contribution in [-0.4, -0.2) is 16.7 Å². The molecule has 1 N–H and O–H groups in total. The standard InChI is InChI=1S/C25H23N3O4/c1-17-14-24(29)27(25(17)30)20-12-13-21(23(16-20)28(31)32)26-22(19-10-6-3-7-11-19)15-18-8-4-2-5-9-18/h2-13,16-17,22,26H,14-15H2,1H3/t17-,22-/m0/s1. The van der Waals surface area contributed by atoms with E-state index in [0.717, 1.165) is 16.0 Å². The van der Waals surface area contributed by atoms with E-state index in [4.69, 9.17) is 0 Å². The van der Waals surface area contributed by atoms with E-state index in [1.807, 2.05) is 60.7 Å². The minimum absolute atomic E-state index is 0.111. The number of amides is 2. The normalized spacial score (nSPS) is 16.8. The van der Waals surface area contributed by atoms with Gasteiger partial charge in [0, 0.05) is 18.4 Å². The van der Waals surface area contributed by atoms with Gasteiger partial charge in [0.05, 0.1) is 16.7 Å². The second kappa shape index (κ2) is 9.01. The topological polar surface area (TPSA) is 92.6 Å². The number of nitrogens with one attached hydrogen (secondary N) is 1. The van der Waals surface area contributed by atoms with E-state index in [0.29, 0.717) is 12.1 Å². The van der Waals surface area contributed by atoms with Crippen molar-refractivity contribution < 1.29 is 14.5 Å². The molecule has 7 heteroatoms. The summed E-state index contributed by atoms with van der Waals surface area (Å²) in [5.41, 5.74) is 2.46. The molecule has 4 rings (SSSR count). The third-order valence-electron chi connectivity index (χ3n) is 5.62. The number of imide groups is 1. The van der Waals surface area contributed by atoms with Crippen LogP contribution in [0.15, 0.2) is 78.9 Å². The molecule has 0 radical (unpaired) electrons. The summed E-state index contributed by atoms with van der Waals surface area (Å²) in [5, 5.41) is 15.2. The predicted octanol–water partition coefficient (Wildman–Crippen LogP) is 4.89. The number of hydrogen-bond donors (Lipinski definition) is 1. The Bertz CT molecular complexity index is 1150. The fraction of sp³-hybridized carbons (Fsp3) is 0.200. The van der Waals surface area contributed by atoms with Crippen LogP contribution in [0.3, 0.4) is 0 Å². The van der Waals surface area contributed by atoms with Gasteiger partial charge in [-0.15, -0.1) is 0 Å². The molecule has 0 unspecified atom stereocenters. The molecule has 1 aliphatic rings. The van der Waals surface area contributed by atoms with Crippen LogP contribution in [0.4, 0.5) is 17.1 Å². The Morgan fingerprint density at radius 2 is 1.69 bits per heavy atom. The summed E-state index contributed by atoms with van der Waals surface area (Å²) in [7, 11) is 0. The number of nitro benzene ring substituents is 1. The summed E-state index contributed by atoms with van der Waals surface area (Å²) < 4.78 is 0.